The molecule has 9 aromatic carbocycles. The van der Waals surface area contributed by atoms with E-state index in [9.17, 15) is 15.1 Å². The first-order valence-electron chi connectivity index (χ1n) is 29.1. The third-order valence-corrected chi connectivity index (χ3v) is 11.1. The molecule has 0 aliphatic rings. The molecular weight excluding hydrogens is 709 g/mol. The van der Waals surface area contributed by atoms with Crippen LogP contribution in [0.2, 0.25) is 0 Å². The third kappa shape index (κ3) is 4.96. The zero-order valence-electron chi connectivity index (χ0n) is 52.2. The van der Waals surface area contributed by atoms with Gasteiger partial charge in [-0.1, -0.05) is 151 Å². The van der Waals surface area contributed by atoms with E-state index >= 15 is 0 Å². The van der Waals surface area contributed by atoms with Crippen LogP contribution < -0.4 is 0 Å². The van der Waals surface area contributed by atoms with Crippen molar-refractivity contribution in [3.05, 3.63) is 206 Å². The molecule has 3 heteroatoms. The molecule has 266 valence electrons. The van der Waals surface area contributed by atoms with Crippen molar-refractivity contribution < 1.29 is 31.5 Å². The number of para-hydroxylation sites is 3. The lowest BCUT2D eigenvalue weighted by atomic mass is 9.99. The van der Waals surface area contributed by atoms with Crippen molar-refractivity contribution in [2.24, 2.45) is 0 Å². The second-order valence-corrected chi connectivity index (χ2v) is 14.1. The molecule has 0 spiro atoms. The number of benzene rings is 9. The van der Waals surface area contributed by atoms with Crippen LogP contribution in [0.15, 0.2) is 206 Å². The molecule has 0 bridgehead atoms. The molecule has 12 rings (SSSR count). The normalized spacial score (nSPS) is 17.5. The Morgan fingerprint density at radius 2 is 1.09 bits per heavy atom. The van der Waals surface area contributed by atoms with E-state index in [4.69, 9.17) is 16.4 Å². The maximum Gasteiger partial charge on any atom is 0.0660 e. The molecule has 0 aliphatic carbocycles. The molecule has 2 nitrogen and oxygen atoms in total. The lowest BCUT2D eigenvalue weighted by Crippen LogP contribution is -1.96. The van der Waals surface area contributed by atoms with Crippen LogP contribution in [0.4, 0.5) is 0 Å². The Kier molecular flexibility index (Phi) is 3.75. The second kappa shape index (κ2) is 12.7. The molecule has 0 aliphatic heterocycles. The van der Waals surface area contributed by atoms with Gasteiger partial charge in [0.05, 0.1) is 53.6 Å². The molecule has 0 radical (unpaired) electrons. The summed E-state index contributed by atoms with van der Waals surface area (Å²) in [5, 5.41) is -1.08. The summed E-state index contributed by atoms with van der Waals surface area (Å²) in [6, 6.07) is 3.63. The number of thiophene rings is 1. The number of aromatic nitrogens is 2. The quantitative estimate of drug-likeness (QED) is 0.165. The molecule has 0 saturated heterocycles. The van der Waals surface area contributed by atoms with Gasteiger partial charge < -0.3 is 9.13 Å². The fraction of sp³-hybridized carbons (Fsp3) is 0. The number of fused-ring (bicyclic) bond motifs is 9. The van der Waals surface area contributed by atoms with Crippen LogP contribution in [0.3, 0.4) is 0 Å². The molecule has 0 fully saturated rings. The fourth-order valence-electron chi connectivity index (χ4n) is 7.59. The summed E-state index contributed by atoms with van der Waals surface area (Å²) in [6.07, 6.45) is 0. The molecule has 0 amide bonds. The van der Waals surface area contributed by atoms with Crippen molar-refractivity contribution >= 4 is 75.1 Å². The van der Waals surface area contributed by atoms with Gasteiger partial charge in [-0.25, -0.2) is 0 Å². The highest BCUT2D eigenvalue weighted by atomic mass is 32.1. The average molecular weight is 766 g/mol. The van der Waals surface area contributed by atoms with E-state index in [0.717, 1.165) is 27.5 Å². The highest BCUT2D eigenvalue weighted by Crippen LogP contribution is 2.44. The van der Waals surface area contributed by atoms with E-state index in [0.29, 0.717) is 5.56 Å². The Bertz CT molecular complexity index is 4840. The smallest absolute Gasteiger partial charge is 0.0660 e. The van der Waals surface area contributed by atoms with Gasteiger partial charge in [0, 0.05) is 58.7 Å². The minimum Gasteiger partial charge on any atom is -0.309 e. The Hall–Kier alpha value is -7.20. The van der Waals surface area contributed by atoms with Crippen LogP contribution in [0.25, 0.3) is 109 Å². The highest BCUT2D eigenvalue weighted by molar-refractivity contribution is 7.26. The van der Waals surface area contributed by atoms with Crippen molar-refractivity contribution in [1.29, 1.82) is 0 Å². The Morgan fingerprint density at radius 3 is 1.95 bits per heavy atom. The average Bonchev–Trinajstić information content (AvgIpc) is 4.34. The van der Waals surface area contributed by atoms with Crippen molar-refractivity contribution in [3.8, 4) is 44.8 Å². The largest absolute Gasteiger partial charge is 0.309 e. The third-order valence-electron chi connectivity index (χ3n) is 10.0. The Balaban J connectivity index is 1.23. The van der Waals surface area contributed by atoms with Gasteiger partial charge in [0.25, 0.3) is 0 Å². The van der Waals surface area contributed by atoms with Crippen LogP contribution in [-0.4, -0.2) is 9.13 Å². The standard InChI is InChI=1S/C54H34N2S/c1-3-14-35(15-4-1)37-18-11-19-39(32-37)56-49-26-10-7-20-43(49)45-24-12-23-42(54(45)56)38-28-31-50-47(33-38)44-21-8-9-25-48(44)55(50)40-29-30-46-52(34-40)57-51-27-13-22-41(53(46)51)36-16-5-2-6-17-36/h1-34H/i2D,5D,6D,7D,8D,9D,10D,12D,13D,16D,17D,20D,21D,22D,23D,24D,25D,26D,27D,29D,31D,33D,34D. The van der Waals surface area contributed by atoms with Crippen LogP contribution in [0.1, 0.15) is 31.5 Å². The number of hydrogen-bond donors (Lipinski definition) is 0. The summed E-state index contributed by atoms with van der Waals surface area (Å²) >= 11 is 0.761. The lowest BCUT2D eigenvalue weighted by molar-refractivity contribution is 1.18. The molecule has 0 atom stereocenters. The molecule has 0 N–H and O–H groups in total. The predicted octanol–water partition coefficient (Wildman–Crippen LogP) is 15.2. The monoisotopic (exact) mass is 765 g/mol. The van der Waals surface area contributed by atoms with E-state index in [-0.39, 0.29) is 91.8 Å². The van der Waals surface area contributed by atoms with E-state index in [1.807, 2.05) is 36.4 Å². The maximum absolute atomic E-state index is 10.2. The van der Waals surface area contributed by atoms with Gasteiger partial charge in [0.1, 0.15) is 0 Å². The van der Waals surface area contributed by atoms with Gasteiger partial charge in [0.2, 0.25) is 0 Å². The predicted molar refractivity (Wildman–Crippen MR) is 244 cm³/mol. The van der Waals surface area contributed by atoms with Crippen molar-refractivity contribution in [2.75, 3.05) is 0 Å². The SMILES string of the molecule is [2H]c1cc2c(sc3c([2H])c([2H])c([2H])c(-c4c([2H])c([2H])c([2H])c([2H])c4[2H])c32)c([2H])c1-n1c2c([2H])cc(-c3c([2H])c([2H])c([2H])c4c5c([2H])c([2H])c([2H])c([2H])c5n(-c5cccc(-c6ccccc6)c5)c34)c([2H])c2c2c([2H])c([2H])c([2H])c([2H])c21. The molecule has 3 heterocycles. The van der Waals surface area contributed by atoms with Gasteiger partial charge in [0.15, 0.2) is 0 Å². The minimum atomic E-state index is -0.763. The first-order chi connectivity index (χ1) is 37.8. The van der Waals surface area contributed by atoms with Crippen LogP contribution in [0, 0.1) is 0 Å². The highest BCUT2D eigenvalue weighted by Gasteiger charge is 2.20. The Labute approximate surface area is 366 Å². The maximum atomic E-state index is 10.2. The summed E-state index contributed by atoms with van der Waals surface area (Å²) in [5.74, 6) is 0. The molecular formula is C54H34N2S. The zero-order valence-corrected chi connectivity index (χ0v) is 30.0. The molecule has 0 saturated carbocycles. The first kappa shape index (κ1) is 16.9. The number of rotatable bonds is 5. The molecule has 3 aromatic heterocycles. The van der Waals surface area contributed by atoms with E-state index in [1.165, 1.54) is 10.6 Å². The van der Waals surface area contributed by atoms with Gasteiger partial charge >= 0.3 is 0 Å². The summed E-state index contributed by atoms with van der Waals surface area (Å²) < 4.78 is 212. The molecule has 57 heavy (non-hydrogen) atoms. The van der Waals surface area contributed by atoms with Crippen molar-refractivity contribution in [2.45, 2.75) is 0 Å². The van der Waals surface area contributed by atoms with Crippen LogP contribution in [0.5, 0.6) is 0 Å². The zero-order chi connectivity index (χ0) is 57.5. The second-order valence-electron chi connectivity index (χ2n) is 13.1. The van der Waals surface area contributed by atoms with Crippen LogP contribution >= 0.6 is 11.3 Å². The summed E-state index contributed by atoms with van der Waals surface area (Å²) in [6.45, 7) is 0. The van der Waals surface area contributed by atoms with E-state index < -0.39 is 145 Å². The number of hydrogen-bond acceptors (Lipinski definition) is 1. The topological polar surface area (TPSA) is 9.86 Å². The van der Waals surface area contributed by atoms with Crippen LogP contribution in [-0.2, 0) is 0 Å². The fourth-order valence-corrected chi connectivity index (χ4v) is 8.63. The Morgan fingerprint density at radius 1 is 0.386 bits per heavy atom. The summed E-state index contributed by atoms with van der Waals surface area (Å²) in [5.41, 5.74) is -0.930. The van der Waals surface area contributed by atoms with Gasteiger partial charge in [-0.05, 0) is 82.2 Å². The van der Waals surface area contributed by atoms with Gasteiger partial charge in [-0.2, -0.15) is 0 Å². The van der Waals surface area contributed by atoms with E-state index in [1.54, 1.807) is 18.2 Å². The lowest BCUT2D eigenvalue weighted by Gasteiger charge is -2.14. The van der Waals surface area contributed by atoms with E-state index in [2.05, 4.69) is 0 Å². The molecule has 0 unspecified atom stereocenters. The summed E-state index contributed by atoms with van der Waals surface area (Å²) in [7, 11) is 0. The first-order valence-corrected chi connectivity index (χ1v) is 18.5. The van der Waals surface area contributed by atoms with Gasteiger partial charge in [-0.15, -0.1) is 11.3 Å². The minimum absolute atomic E-state index is 0.00673. The van der Waals surface area contributed by atoms with Gasteiger partial charge in [-0.3, -0.25) is 0 Å². The number of nitrogens with zero attached hydrogens (tertiary/aromatic N) is 2. The van der Waals surface area contributed by atoms with Crippen molar-refractivity contribution in [3.63, 3.8) is 0 Å². The summed E-state index contributed by atoms with van der Waals surface area (Å²) in [4.78, 5) is 0. The molecule has 12 aromatic rings. The van der Waals surface area contributed by atoms with Crippen molar-refractivity contribution in [1.82, 2.24) is 9.13 Å².